The Bertz CT molecular complexity index is 1090. The van der Waals surface area contributed by atoms with E-state index in [1.54, 1.807) is 47.0 Å². The van der Waals surface area contributed by atoms with Gasteiger partial charge in [-0.25, -0.2) is 4.98 Å². The van der Waals surface area contributed by atoms with E-state index in [0.717, 1.165) is 6.42 Å². The topological polar surface area (TPSA) is 107 Å². The molecule has 2 heterocycles. The molecule has 9 heteroatoms. The molecule has 0 aliphatic rings. The van der Waals surface area contributed by atoms with Gasteiger partial charge in [0, 0.05) is 55.4 Å². The van der Waals surface area contributed by atoms with E-state index < -0.39 is 0 Å². The molecule has 0 saturated carbocycles. The molecule has 3 aromatic rings. The van der Waals surface area contributed by atoms with E-state index in [9.17, 15) is 9.59 Å². The first-order chi connectivity index (χ1) is 16.0. The minimum Gasteiger partial charge on any atom is -0.497 e. The van der Waals surface area contributed by atoms with Crippen LogP contribution in [0, 0.1) is 0 Å². The maximum absolute atomic E-state index is 13.3. The molecule has 0 aliphatic carbocycles. The number of carbonyl (C=O) groups excluding carboxylic acids is 2. The smallest absolute Gasteiger partial charge is 0.244 e. The molecular weight excluding hydrogens is 424 g/mol. The van der Waals surface area contributed by atoms with Crippen LogP contribution in [0.15, 0.2) is 36.5 Å². The molecule has 33 heavy (non-hydrogen) atoms. The number of amides is 1. The van der Waals surface area contributed by atoms with E-state index in [4.69, 9.17) is 14.6 Å². The molecule has 0 fully saturated rings. The molecule has 0 spiro atoms. The Morgan fingerprint density at radius 2 is 2.00 bits per heavy atom. The normalized spacial score (nSPS) is 10.9. The molecule has 0 saturated heterocycles. The summed E-state index contributed by atoms with van der Waals surface area (Å²) in [5.41, 5.74) is 1.25. The third-order valence-corrected chi connectivity index (χ3v) is 5.24. The van der Waals surface area contributed by atoms with Crippen LogP contribution in [0.4, 0.5) is 0 Å². The van der Waals surface area contributed by atoms with Crippen LogP contribution >= 0.6 is 0 Å². The van der Waals surface area contributed by atoms with Crippen LogP contribution in [0.3, 0.4) is 0 Å². The van der Waals surface area contributed by atoms with Gasteiger partial charge < -0.3 is 19.5 Å². The summed E-state index contributed by atoms with van der Waals surface area (Å²) in [6.07, 6.45) is 2.81. The van der Waals surface area contributed by atoms with Gasteiger partial charge in [-0.1, -0.05) is 6.92 Å². The molecule has 1 aromatic carbocycles. The van der Waals surface area contributed by atoms with Gasteiger partial charge in [-0.15, -0.1) is 0 Å². The zero-order chi connectivity index (χ0) is 23.8. The van der Waals surface area contributed by atoms with E-state index in [2.05, 4.69) is 10.1 Å². The van der Waals surface area contributed by atoms with Crippen molar-refractivity contribution < 1.29 is 24.2 Å². The number of carbonyl (C=O) groups is 2. The number of hydrogen-bond donors (Lipinski definition) is 1. The Kier molecular flexibility index (Phi) is 8.37. The lowest BCUT2D eigenvalue weighted by Crippen LogP contribution is -2.34. The van der Waals surface area contributed by atoms with Crippen molar-refractivity contribution in [2.24, 2.45) is 0 Å². The summed E-state index contributed by atoms with van der Waals surface area (Å²) in [6.45, 7) is 5.65. The van der Waals surface area contributed by atoms with Crippen molar-refractivity contribution in [1.82, 2.24) is 19.7 Å². The average molecular weight is 455 g/mol. The number of ether oxygens (including phenoxy) is 2. The van der Waals surface area contributed by atoms with Crippen molar-refractivity contribution in [3.8, 4) is 11.6 Å². The molecule has 1 N–H and O–H groups in total. The van der Waals surface area contributed by atoms with E-state index in [1.165, 1.54) is 6.20 Å². The van der Waals surface area contributed by atoms with Gasteiger partial charge in [0.05, 0.1) is 19.2 Å². The summed E-state index contributed by atoms with van der Waals surface area (Å²) < 4.78 is 12.3. The predicted octanol–water partition coefficient (Wildman–Crippen LogP) is 2.69. The highest BCUT2D eigenvalue weighted by Gasteiger charge is 2.22. The van der Waals surface area contributed by atoms with Crippen LogP contribution in [0.2, 0.25) is 0 Å². The van der Waals surface area contributed by atoms with Crippen LogP contribution in [-0.4, -0.2) is 69.9 Å². The maximum atomic E-state index is 13.3. The van der Waals surface area contributed by atoms with Crippen LogP contribution in [0.1, 0.15) is 42.7 Å². The number of fused-ring (bicyclic) bond motifs is 1. The van der Waals surface area contributed by atoms with Gasteiger partial charge in [0.25, 0.3) is 0 Å². The van der Waals surface area contributed by atoms with Gasteiger partial charge in [0.15, 0.2) is 0 Å². The summed E-state index contributed by atoms with van der Waals surface area (Å²) in [6, 6.07) is 8.56. The lowest BCUT2D eigenvalue weighted by Gasteiger charge is -2.20. The predicted molar refractivity (Wildman–Crippen MR) is 124 cm³/mol. The number of rotatable bonds is 12. The van der Waals surface area contributed by atoms with E-state index in [0.29, 0.717) is 54.2 Å². The first kappa shape index (κ1) is 24.2. The Labute approximate surface area is 192 Å². The SMILES string of the molecule is CCCN(CC)C(=O)Cn1nc(C(=O)c2ccc(OCCCO)nc2)c2ccc(OC)cc21. The largest absolute Gasteiger partial charge is 0.497 e. The van der Waals surface area contributed by atoms with Crippen molar-refractivity contribution >= 4 is 22.6 Å². The number of aromatic nitrogens is 3. The first-order valence-corrected chi connectivity index (χ1v) is 11.1. The number of pyridine rings is 1. The molecule has 0 unspecified atom stereocenters. The van der Waals surface area contributed by atoms with Crippen LogP contribution in [0.25, 0.3) is 10.9 Å². The number of nitrogens with zero attached hydrogens (tertiary/aromatic N) is 4. The maximum Gasteiger partial charge on any atom is 0.244 e. The van der Waals surface area contributed by atoms with Gasteiger partial charge in [0.2, 0.25) is 17.6 Å². The fourth-order valence-corrected chi connectivity index (χ4v) is 3.50. The van der Waals surface area contributed by atoms with E-state index in [1.807, 2.05) is 13.8 Å². The third kappa shape index (κ3) is 5.67. The van der Waals surface area contributed by atoms with Gasteiger partial charge in [-0.2, -0.15) is 5.10 Å². The number of benzene rings is 1. The monoisotopic (exact) mass is 454 g/mol. The molecule has 0 radical (unpaired) electrons. The molecule has 0 atom stereocenters. The highest BCUT2D eigenvalue weighted by Crippen LogP contribution is 2.26. The standard InChI is InChI=1S/C24H30N4O5/c1-4-11-27(5-2)22(30)16-28-20-14-18(32-3)8-9-19(20)23(26-28)24(31)17-7-10-21(25-15-17)33-13-6-12-29/h7-10,14-15,29H,4-6,11-13,16H2,1-3H3. The number of aliphatic hydroxyl groups is 1. The van der Waals surface area contributed by atoms with Crippen molar-refractivity contribution in [2.75, 3.05) is 33.4 Å². The summed E-state index contributed by atoms with van der Waals surface area (Å²) in [4.78, 5) is 32.0. The second-order valence-electron chi connectivity index (χ2n) is 7.50. The zero-order valence-electron chi connectivity index (χ0n) is 19.3. The minimum atomic E-state index is -0.299. The van der Waals surface area contributed by atoms with E-state index in [-0.39, 0.29) is 30.5 Å². The molecular formula is C24H30N4O5. The van der Waals surface area contributed by atoms with Crippen molar-refractivity contribution in [2.45, 2.75) is 33.2 Å². The highest BCUT2D eigenvalue weighted by molar-refractivity contribution is 6.15. The van der Waals surface area contributed by atoms with Crippen molar-refractivity contribution in [1.29, 1.82) is 0 Å². The zero-order valence-corrected chi connectivity index (χ0v) is 19.3. The number of likely N-dealkylation sites (N-methyl/N-ethyl adjacent to an activating group) is 1. The van der Waals surface area contributed by atoms with Crippen molar-refractivity contribution in [3.05, 3.63) is 47.8 Å². The van der Waals surface area contributed by atoms with Crippen LogP contribution in [-0.2, 0) is 11.3 Å². The minimum absolute atomic E-state index is 0.0284. The molecule has 1 amide bonds. The number of aliphatic hydroxyl groups excluding tert-OH is 1. The van der Waals surface area contributed by atoms with Gasteiger partial charge >= 0.3 is 0 Å². The Balaban J connectivity index is 1.92. The summed E-state index contributed by atoms with van der Waals surface area (Å²) in [5.74, 6) is 0.631. The fourth-order valence-electron chi connectivity index (χ4n) is 3.50. The molecule has 0 aliphatic heterocycles. The van der Waals surface area contributed by atoms with Gasteiger partial charge in [-0.3, -0.25) is 14.3 Å². The number of hydrogen-bond acceptors (Lipinski definition) is 7. The highest BCUT2D eigenvalue weighted by atomic mass is 16.5. The van der Waals surface area contributed by atoms with Gasteiger partial charge in [-0.05, 0) is 31.5 Å². The Hall–Kier alpha value is -3.46. The fraction of sp³-hybridized carbons (Fsp3) is 0.417. The molecule has 176 valence electrons. The van der Waals surface area contributed by atoms with Crippen LogP contribution < -0.4 is 9.47 Å². The van der Waals surface area contributed by atoms with Crippen LogP contribution in [0.5, 0.6) is 11.6 Å². The van der Waals surface area contributed by atoms with E-state index >= 15 is 0 Å². The summed E-state index contributed by atoms with van der Waals surface area (Å²) in [7, 11) is 1.56. The second-order valence-corrected chi connectivity index (χ2v) is 7.50. The average Bonchev–Trinajstić information content (AvgIpc) is 3.19. The quantitative estimate of drug-likeness (QED) is 0.331. The third-order valence-electron chi connectivity index (χ3n) is 5.24. The summed E-state index contributed by atoms with van der Waals surface area (Å²) in [5, 5.41) is 14.0. The second kappa shape index (κ2) is 11.4. The first-order valence-electron chi connectivity index (χ1n) is 11.1. The molecule has 2 aromatic heterocycles. The molecule has 0 bridgehead atoms. The molecule has 9 nitrogen and oxygen atoms in total. The lowest BCUT2D eigenvalue weighted by atomic mass is 10.1. The summed E-state index contributed by atoms with van der Waals surface area (Å²) >= 11 is 0. The Morgan fingerprint density at radius 3 is 2.64 bits per heavy atom. The number of methoxy groups -OCH3 is 1. The number of ketones is 1. The molecule has 3 rings (SSSR count). The lowest BCUT2D eigenvalue weighted by molar-refractivity contribution is -0.131. The Morgan fingerprint density at radius 1 is 1.18 bits per heavy atom. The van der Waals surface area contributed by atoms with Crippen molar-refractivity contribution in [3.63, 3.8) is 0 Å². The van der Waals surface area contributed by atoms with Gasteiger partial charge in [0.1, 0.15) is 18.0 Å².